The van der Waals surface area contributed by atoms with E-state index in [0.29, 0.717) is 18.6 Å². The summed E-state index contributed by atoms with van der Waals surface area (Å²) < 4.78 is 27.7. The summed E-state index contributed by atoms with van der Waals surface area (Å²) in [5.74, 6) is 0.754. The molecule has 0 aromatic heterocycles. The van der Waals surface area contributed by atoms with Crippen LogP contribution in [0.25, 0.3) is 0 Å². The first kappa shape index (κ1) is 33.7. The Hall–Kier alpha value is -1.75. The molecule has 0 amide bonds. The molecular formula is C28H44O13. The van der Waals surface area contributed by atoms with Gasteiger partial charge in [0.25, 0.3) is 0 Å². The largest absolute Gasteiger partial charge is 0.494 e. The van der Waals surface area contributed by atoms with Gasteiger partial charge in [0, 0.05) is 12.2 Å². The van der Waals surface area contributed by atoms with E-state index in [4.69, 9.17) is 23.7 Å². The van der Waals surface area contributed by atoms with Crippen molar-refractivity contribution in [3.05, 3.63) is 29.8 Å². The van der Waals surface area contributed by atoms with E-state index >= 15 is 0 Å². The van der Waals surface area contributed by atoms with E-state index in [1.807, 2.05) is 0 Å². The van der Waals surface area contributed by atoms with Crippen LogP contribution in [0.15, 0.2) is 24.3 Å². The van der Waals surface area contributed by atoms with Gasteiger partial charge in [0.1, 0.15) is 54.6 Å². The highest BCUT2D eigenvalue weighted by Crippen LogP contribution is 2.29. The van der Waals surface area contributed by atoms with E-state index < -0.39 is 74.6 Å². The van der Waals surface area contributed by atoms with Crippen molar-refractivity contribution in [3.63, 3.8) is 0 Å². The van der Waals surface area contributed by atoms with E-state index in [9.17, 15) is 40.5 Å². The van der Waals surface area contributed by atoms with Crippen LogP contribution in [0.1, 0.15) is 55.8 Å². The van der Waals surface area contributed by atoms with Gasteiger partial charge in [-0.2, -0.15) is 0 Å². The highest BCUT2D eigenvalue weighted by Gasteiger charge is 2.50. The standard InChI is InChI=1S/C28H44O13/c1-16(31)17-8-10-18(11-9-17)37-12-6-4-2-3-5-7-13-38-27-25(36)23(34)26(20(15-30)40-27)41-28-24(35)22(33)21(32)19(14-29)39-28/h8-11,19-30,32-36H,2-7,12-15H2,1H3/t19-,20-,21-,22+,23-,24-,25-,26-,27-,28-/m1/s1. The van der Waals surface area contributed by atoms with Crippen molar-refractivity contribution < 1.29 is 64.2 Å². The highest BCUT2D eigenvalue weighted by atomic mass is 16.7. The van der Waals surface area contributed by atoms with Crippen molar-refractivity contribution in [2.24, 2.45) is 0 Å². The zero-order valence-corrected chi connectivity index (χ0v) is 23.2. The van der Waals surface area contributed by atoms with Crippen LogP contribution < -0.4 is 4.74 Å². The number of ketones is 1. The molecule has 2 aliphatic rings. The number of aliphatic hydroxyl groups excluding tert-OH is 7. The molecule has 0 unspecified atom stereocenters. The molecule has 0 radical (unpaired) electrons. The molecule has 10 atom stereocenters. The summed E-state index contributed by atoms with van der Waals surface area (Å²) in [7, 11) is 0. The van der Waals surface area contributed by atoms with E-state index in [1.165, 1.54) is 6.92 Å². The van der Waals surface area contributed by atoms with Gasteiger partial charge < -0.3 is 59.4 Å². The van der Waals surface area contributed by atoms with Crippen LogP contribution >= 0.6 is 0 Å². The molecule has 13 nitrogen and oxygen atoms in total. The normalized spacial score (nSPS) is 34.0. The molecule has 1 aromatic rings. The van der Waals surface area contributed by atoms with Crippen molar-refractivity contribution in [1.29, 1.82) is 0 Å². The highest BCUT2D eigenvalue weighted by molar-refractivity contribution is 5.94. The van der Waals surface area contributed by atoms with Gasteiger partial charge in [-0.3, -0.25) is 4.79 Å². The third kappa shape index (κ3) is 9.37. The molecule has 0 spiro atoms. The SMILES string of the molecule is CC(=O)c1ccc(OCCCCCCCCO[C@@H]2O[C@H](CO)[C@@H](O[C@H]3O[C@H](CO)[C@@H](O)[C@H](O)[C@H]3O)[C@H](O)[C@H]2O)cc1. The molecule has 1 aromatic carbocycles. The molecule has 2 fully saturated rings. The Balaban J connectivity index is 1.31. The third-order valence-corrected chi connectivity index (χ3v) is 7.31. The number of rotatable bonds is 16. The summed E-state index contributed by atoms with van der Waals surface area (Å²) >= 11 is 0. The van der Waals surface area contributed by atoms with Crippen LogP contribution in [0.5, 0.6) is 5.75 Å². The Bertz CT molecular complexity index is 895. The van der Waals surface area contributed by atoms with Crippen LogP contribution in [0.2, 0.25) is 0 Å². The van der Waals surface area contributed by atoms with Gasteiger partial charge in [-0.15, -0.1) is 0 Å². The van der Waals surface area contributed by atoms with Crippen molar-refractivity contribution >= 4 is 5.78 Å². The third-order valence-electron chi connectivity index (χ3n) is 7.31. The Morgan fingerprint density at radius 1 is 0.707 bits per heavy atom. The second-order valence-electron chi connectivity index (χ2n) is 10.4. The van der Waals surface area contributed by atoms with Gasteiger partial charge >= 0.3 is 0 Å². The summed E-state index contributed by atoms with van der Waals surface area (Å²) in [5, 5.41) is 70.4. The van der Waals surface area contributed by atoms with Crippen LogP contribution in [0.3, 0.4) is 0 Å². The lowest BCUT2D eigenvalue weighted by molar-refractivity contribution is -0.359. The molecule has 41 heavy (non-hydrogen) atoms. The van der Waals surface area contributed by atoms with Gasteiger partial charge in [-0.1, -0.05) is 25.7 Å². The minimum absolute atomic E-state index is 0.0182. The summed E-state index contributed by atoms with van der Waals surface area (Å²) in [6, 6.07) is 7.08. The summed E-state index contributed by atoms with van der Waals surface area (Å²) in [4.78, 5) is 11.3. The number of Topliss-reactive ketones (excluding diaryl/α,β-unsaturated/α-hetero) is 1. The Kier molecular flexibility index (Phi) is 13.8. The number of unbranched alkanes of at least 4 members (excludes halogenated alkanes) is 5. The molecule has 3 rings (SSSR count). The lowest BCUT2D eigenvalue weighted by Gasteiger charge is -2.45. The van der Waals surface area contributed by atoms with Crippen molar-refractivity contribution in [1.82, 2.24) is 0 Å². The van der Waals surface area contributed by atoms with Crippen molar-refractivity contribution in [2.75, 3.05) is 26.4 Å². The first-order valence-corrected chi connectivity index (χ1v) is 14.1. The molecule has 2 heterocycles. The molecule has 0 saturated carbocycles. The van der Waals surface area contributed by atoms with Crippen LogP contribution in [0, 0.1) is 0 Å². The lowest BCUT2D eigenvalue weighted by Crippen LogP contribution is -2.64. The van der Waals surface area contributed by atoms with Gasteiger partial charge in [-0.25, -0.2) is 0 Å². The molecule has 13 heteroatoms. The van der Waals surface area contributed by atoms with Crippen LogP contribution in [-0.4, -0.2) is 129 Å². The average Bonchev–Trinajstić information content (AvgIpc) is 2.97. The summed E-state index contributed by atoms with van der Waals surface area (Å²) in [6.45, 7) is 1.10. The first-order chi connectivity index (χ1) is 19.7. The number of ether oxygens (including phenoxy) is 5. The number of hydrogen-bond donors (Lipinski definition) is 7. The predicted octanol–water partition coefficient (Wildman–Crippen LogP) is -0.751. The molecule has 7 N–H and O–H groups in total. The second kappa shape index (κ2) is 16.8. The van der Waals surface area contributed by atoms with Crippen molar-refractivity contribution in [3.8, 4) is 5.75 Å². The number of carbonyl (C=O) groups is 1. The molecule has 0 aliphatic carbocycles. The maximum absolute atomic E-state index is 11.3. The van der Waals surface area contributed by atoms with Gasteiger partial charge in [0.15, 0.2) is 18.4 Å². The lowest BCUT2D eigenvalue weighted by atomic mass is 9.97. The Labute approximate surface area is 239 Å². The topological polar surface area (TPSA) is 205 Å². The fourth-order valence-corrected chi connectivity index (χ4v) is 4.78. The fraction of sp³-hybridized carbons (Fsp3) is 0.750. The monoisotopic (exact) mass is 588 g/mol. The second-order valence-corrected chi connectivity index (χ2v) is 10.4. The van der Waals surface area contributed by atoms with Gasteiger partial charge in [0.05, 0.1) is 19.8 Å². The predicted molar refractivity (Wildman–Crippen MR) is 142 cm³/mol. The van der Waals surface area contributed by atoms with E-state index in [1.54, 1.807) is 24.3 Å². The van der Waals surface area contributed by atoms with Gasteiger partial charge in [0.2, 0.25) is 0 Å². The quantitative estimate of drug-likeness (QED) is 0.0939. The molecule has 2 saturated heterocycles. The van der Waals surface area contributed by atoms with E-state index in [2.05, 4.69) is 0 Å². The average molecular weight is 589 g/mol. The fourth-order valence-electron chi connectivity index (χ4n) is 4.78. The summed E-state index contributed by atoms with van der Waals surface area (Å²) in [6.07, 6.45) is -9.19. The Morgan fingerprint density at radius 3 is 1.88 bits per heavy atom. The number of carbonyl (C=O) groups excluding carboxylic acids is 1. The van der Waals surface area contributed by atoms with E-state index in [0.717, 1.165) is 37.9 Å². The smallest absolute Gasteiger partial charge is 0.187 e. The van der Waals surface area contributed by atoms with Crippen molar-refractivity contribution in [2.45, 2.75) is 107 Å². The number of aliphatic hydroxyl groups is 7. The number of hydrogen-bond acceptors (Lipinski definition) is 13. The van der Waals surface area contributed by atoms with Gasteiger partial charge in [-0.05, 0) is 44.0 Å². The summed E-state index contributed by atoms with van der Waals surface area (Å²) in [5.41, 5.74) is 0.653. The van der Waals surface area contributed by atoms with E-state index in [-0.39, 0.29) is 12.4 Å². The molecule has 0 bridgehead atoms. The maximum Gasteiger partial charge on any atom is 0.187 e. The molecule has 234 valence electrons. The first-order valence-electron chi connectivity index (χ1n) is 14.1. The zero-order valence-electron chi connectivity index (χ0n) is 23.2. The zero-order chi connectivity index (χ0) is 29.9. The van der Waals surface area contributed by atoms with Crippen LogP contribution in [0.4, 0.5) is 0 Å². The molecular weight excluding hydrogens is 544 g/mol. The Morgan fingerprint density at radius 2 is 1.27 bits per heavy atom. The van der Waals surface area contributed by atoms with Crippen LogP contribution in [-0.2, 0) is 18.9 Å². The minimum atomic E-state index is -1.72. The number of benzene rings is 1. The maximum atomic E-state index is 11.3. The molecule has 2 aliphatic heterocycles. The minimum Gasteiger partial charge on any atom is -0.494 e.